The van der Waals surface area contributed by atoms with Crippen LogP contribution in [0.4, 0.5) is 0 Å². The molecule has 8 rings (SSSR count). The van der Waals surface area contributed by atoms with Gasteiger partial charge in [-0.2, -0.15) is 0 Å². The molecule has 0 spiro atoms. The maximum atomic E-state index is 11.4. The molecule has 0 bridgehead atoms. The maximum absolute atomic E-state index is 11.4. The van der Waals surface area contributed by atoms with Crippen LogP contribution in [0.25, 0.3) is 32.3 Å². The molecule has 48 heavy (non-hydrogen) atoms. The predicted octanol–water partition coefficient (Wildman–Crippen LogP) is 10.3. The third-order valence-corrected chi connectivity index (χ3v) is 8.22. The quantitative estimate of drug-likeness (QED) is 0.144. The number of fused-ring (bicyclic) bond motifs is 4. The normalized spacial score (nSPS) is 12.0. The van der Waals surface area contributed by atoms with Gasteiger partial charge in [-0.05, 0) is 91.0 Å². The largest absolute Gasteiger partial charge is 0.508 e. The van der Waals surface area contributed by atoms with E-state index in [1.807, 2.05) is 68.4 Å². The van der Waals surface area contributed by atoms with E-state index in [0.717, 1.165) is 21.5 Å². The third-order valence-electron chi connectivity index (χ3n) is 8.22. The Labute approximate surface area is 280 Å². The molecule has 0 unspecified atom stereocenters. The molecular formula is C43H38O5. The second-order valence-corrected chi connectivity index (χ2v) is 12.1. The summed E-state index contributed by atoms with van der Waals surface area (Å²) in [5, 5.41) is 34.4. The molecule has 0 amide bonds. The van der Waals surface area contributed by atoms with E-state index in [4.69, 9.17) is 0 Å². The predicted molar refractivity (Wildman–Crippen MR) is 195 cm³/mol. The smallest absolute Gasteiger partial charge is 0.174 e. The van der Waals surface area contributed by atoms with Crippen molar-refractivity contribution in [1.29, 1.82) is 0 Å². The van der Waals surface area contributed by atoms with Crippen LogP contribution in [0.1, 0.15) is 44.3 Å². The molecule has 0 fully saturated rings. The fraction of sp³-hybridized carbons (Fsp3) is 0.116. The highest BCUT2D eigenvalue weighted by Crippen LogP contribution is 2.26. The van der Waals surface area contributed by atoms with Crippen molar-refractivity contribution in [2.45, 2.75) is 27.7 Å². The molecule has 1 aliphatic carbocycles. The Balaban J connectivity index is 0.000000125. The van der Waals surface area contributed by atoms with Crippen molar-refractivity contribution in [2.24, 2.45) is 5.92 Å². The number of carbonyl (C=O) groups is 2. The zero-order valence-corrected chi connectivity index (χ0v) is 27.4. The summed E-state index contributed by atoms with van der Waals surface area (Å²) in [6, 6.07) is 41.8. The zero-order valence-electron chi connectivity index (χ0n) is 27.4. The highest BCUT2D eigenvalue weighted by molar-refractivity contribution is 6.26. The highest BCUT2D eigenvalue weighted by Gasteiger charge is 2.34. The highest BCUT2D eigenvalue weighted by atomic mass is 16.3. The topological polar surface area (TPSA) is 94.8 Å². The molecule has 5 nitrogen and oxygen atoms in total. The van der Waals surface area contributed by atoms with Gasteiger partial charge < -0.3 is 15.3 Å². The summed E-state index contributed by atoms with van der Waals surface area (Å²) in [7, 11) is 0. The van der Waals surface area contributed by atoms with Crippen LogP contribution in [-0.4, -0.2) is 26.9 Å². The summed E-state index contributed by atoms with van der Waals surface area (Å²) in [5.41, 5.74) is 4.79. The number of Topliss-reactive ketones (excluding diaryl/α,β-unsaturated/α-hetero) is 2. The zero-order chi connectivity index (χ0) is 34.4. The van der Waals surface area contributed by atoms with Crippen molar-refractivity contribution < 1.29 is 24.9 Å². The van der Waals surface area contributed by atoms with Gasteiger partial charge in [-0.25, -0.2) is 0 Å². The molecule has 1 aliphatic rings. The van der Waals surface area contributed by atoms with Crippen LogP contribution < -0.4 is 0 Å². The van der Waals surface area contributed by atoms with Crippen molar-refractivity contribution in [2.75, 3.05) is 0 Å². The summed E-state index contributed by atoms with van der Waals surface area (Å²) in [6.45, 7) is 7.78. The number of ketones is 2. The van der Waals surface area contributed by atoms with Crippen molar-refractivity contribution in [3.8, 4) is 17.2 Å². The minimum atomic E-state index is -0.470. The monoisotopic (exact) mass is 634 g/mol. The van der Waals surface area contributed by atoms with Gasteiger partial charge in [-0.3, -0.25) is 9.59 Å². The number of phenols is 3. The third kappa shape index (κ3) is 7.88. The Morgan fingerprint density at radius 3 is 1.52 bits per heavy atom. The molecule has 5 heteroatoms. The Kier molecular flexibility index (Phi) is 10.2. The molecule has 0 aromatic heterocycles. The van der Waals surface area contributed by atoms with Crippen molar-refractivity contribution in [1.82, 2.24) is 0 Å². The van der Waals surface area contributed by atoms with Gasteiger partial charge in [0.25, 0.3) is 0 Å². The minimum Gasteiger partial charge on any atom is -0.508 e. The van der Waals surface area contributed by atoms with E-state index in [1.54, 1.807) is 61.5 Å². The summed E-state index contributed by atoms with van der Waals surface area (Å²) in [6.07, 6.45) is 0. The molecule has 0 radical (unpaired) electrons. The Bertz CT molecular complexity index is 2150. The number of carbonyl (C=O) groups excluding carboxylic acids is 2. The number of phenolic OH excluding ortho intramolecular Hbond substituents is 3. The number of hydrogen-bond donors (Lipinski definition) is 3. The van der Waals surface area contributed by atoms with Gasteiger partial charge in [0, 0.05) is 16.5 Å². The van der Waals surface area contributed by atoms with Gasteiger partial charge in [-0.15, -0.1) is 0 Å². The molecule has 0 saturated heterocycles. The molecule has 0 saturated carbocycles. The van der Waals surface area contributed by atoms with E-state index in [0.29, 0.717) is 28.4 Å². The van der Waals surface area contributed by atoms with Crippen LogP contribution in [0, 0.1) is 26.7 Å². The van der Waals surface area contributed by atoms with Gasteiger partial charge in [-0.1, -0.05) is 114 Å². The first-order chi connectivity index (χ1) is 23.0. The van der Waals surface area contributed by atoms with Crippen LogP contribution in [-0.2, 0) is 0 Å². The van der Waals surface area contributed by atoms with Gasteiger partial charge in [0.2, 0.25) is 0 Å². The molecule has 0 atom stereocenters. The van der Waals surface area contributed by atoms with E-state index >= 15 is 0 Å². The summed E-state index contributed by atoms with van der Waals surface area (Å²) < 4.78 is 0. The standard InChI is InChI=1S/3C11H10O.C10H8O2/c1-8-2-3-10-7-11(12)5-4-9(10)6-8;1-8-2-3-9-4-5-11(12)7-10(9)6-8;1-8-5-6-9-3-2-4-11(12)10(9)7-8;1-6-9(11)7-4-2-3-5-8(7)10(6)12/h3*2-7,12H,1H3;2-6H,1H3. The van der Waals surface area contributed by atoms with Crippen molar-refractivity contribution in [3.05, 3.63) is 161 Å². The lowest BCUT2D eigenvalue weighted by molar-refractivity contribution is 0.0852. The average molecular weight is 635 g/mol. The first kappa shape index (κ1) is 33.4. The number of hydrogen-bond acceptors (Lipinski definition) is 5. The van der Waals surface area contributed by atoms with Crippen LogP contribution >= 0.6 is 0 Å². The minimum absolute atomic E-state index is 0.0457. The second kappa shape index (κ2) is 14.7. The number of aromatic hydroxyl groups is 3. The molecular weight excluding hydrogens is 596 g/mol. The van der Waals surface area contributed by atoms with E-state index < -0.39 is 5.92 Å². The Hall–Kier alpha value is -5.94. The second-order valence-electron chi connectivity index (χ2n) is 12.1. The van der Waals surface area contributed by atoms with E-state index in [9.17, 15) is 24.9 Å². The van der Waals surface area contributed by atoms with E-state index in [1.165, 1.54) is 27.5 Å². The lowest BCUT2D eigenvalue weighted by atomic mass is 10.1. The lowest BCUT2D eigenvalue weighted by Crippen LogP contribution is -2.09. The first-order valence-electron chi connectivity index (χ1n) is 15.7. The van der Waals surface area contributed by atoms with Crippen molar-refractivity contribution in [3.63, 3.8) is 0 Å². The van der Waals surface area contributed by atoms with Gasteiger partial charge in [0.05, 0.1) is 5.92 Å². The van der Waals surface area contributed by atoms with Gasteiger partial charge in [0.1, 0.15) is 17.2 Å². The van der Waals surface area contributed by atoms with Crippen molar-refractivity contribution >= 4 is 43.9 Å². The molecule has 0 heterocycles. The Morgan fingerprint density at radius 2 is 0.896 bits per heavy atom. The van der Waals surface area contributed by atoms with E-state index in [-0.39, 0.29) is 11.6 Å². The SMILES string of the molecule is CC1C(=O)c2ccccc2C1=O.Cc1ccc2cc(O)ccc2c1.Cc1ccc2ccc(O)cc2c1.Cc1ccc2cccc(O)c2c1. The molecule has 0 aliphatic heterocycles. The maximum Gasteiger partial charge on any atom is 0.174 e. The number of aryl methyl sites for hydroxylation is 3. The summed E-state index contributed by atoms with van der Waals surface area (Å²) >= 11 is 0. The fourth-order valence-electron chi connectivity index (χ4n) is 5.57. The molecule has 7 aromatic rings. The summed E-state index contributed by atoms with van der Waals surface area (Å²) in [5.74, 6) is 0.448. The number of benzene rings is 7. The van der Waals surface area contributed by atoms with E-state index in [2.05, 4.69) is 31.2 Å². The summed E-state index contributed by atoms with van der Waals surface area (Å²) in [4.78, 5) is 22.8. The average Bonchev–Trinajstić information content (AvgIpc) is 3.29. The molecule has 240 valence electrons. The first-order valence-corrected chi connectivity index (χ1v) is 15.7. The fourth-order valence-corrected chi connectivity index (χ4v) is 5.57. The van der Waals surface area contributed by atoms with Crippen LogP contribution in [0.3, 0.4) is 0 Å². The van der Waals surface area contributed by atoms with Crippen LogP contribution in [0.2, 0.25) is 0 Å². The van der Waals surface area contributed by atoms with Gasteiger partial charge in [0.15, 0.2) is 11.6 Å². The Morgan fingerprint density at radius 1 is 0.438 bits per heavy atom. The van der Waals surface area contributed by atoms with Gasteiger partial charge >= 0.3 is 0 Å². The van der Waals surface area contributed by atoms with Crippen LogP contribution in [0.5, 0.6) is 17.2 Å². The van der Waals surface area contributed by atoms with Crippen LogP contribution in [0.15, 0.2) is 133 Å². The lowest BCUT2D eigenvalue weighted by Gasteiger charge is -2.00. The molecule has 3 N–H and O–H groups in total. The molecule has 7 aromatic carbocycles. The number of rotatable bonds is 0.